The van der Waals surface area contributed by atoms with Gasteiger partial charge in [0.25, 0.3) is 5.56 Å². The Morgan fingerprint density at radius 1 is 1.00 bits per heavy atom. The highest BCUT2D eigenvalue weighted by Gasteiger charge is 2.19. The number of fused-ring (bicyclic) bond motifs is 3. The second kappa shape index (κ2) is 8.20. The Labute approximate surface area is 190 Å². The van der Waals surface area contributed by atoms with Crippen LogP contribution in [-0.2, 0) is 5.75 Å². The number of para-hydroxylation sites is 1. The van der Waals surface area contributed by atoms with Crippen molar-refractivity contribution >= 4 is 33.7 Å². The molecule has 5 aromatic rings. The molecule has 0 aliphatic heterocycles. The summed E-state index contributed by atoms with van der Waals surface area (Å²) < 4.78 is 7.27. The molecule has 0 amide bonds. The summed E-state index contributed by atoms with van der Waals surface area (Å²) in [5.74, 6) is 1.33. The Kier molecular flexibility index (Phi) is 5.23. The number of nitrogens with one attached hydrogen (secondary N) is 1. The number of aromatic nitrogens is 3. The molecule has 0 saturated carbocycles. The summed E-state index contributed by atoms with van der Waals surface area (Å²) in [6.07, 6.45) is 0. The van der Waals surface area contributed by atoms with Gasteiger partial charge in [0.05, 0.1) is 12.8 Å². The van der Waals surface area contributed by atoms with E-state index in [1.54, 1.807) is 23.4 Å². The monoisotopic (exact) mass is 441 g/mol. The Balaban J connectivity index is 1.74. The van der Waals surface area contributed by atoms with Gasteiger partial charge in [-0.1, -0.05) is 65.9 Å². The van der Waals surface area contributed by atoms with Crippen LogP contribution in [0.4, 0.5) is 0 Å². The molecule has 1 N–H and O–H groups in total. The summed E-state index contributed by atoms with van der Waals surface area (Å²) in [6, 6.07) is 22.1. The van der Waals surface area contributed by atoms with E-state index in [1.807, 2.05) is 49.4 Å². The average molecular weight is 442 g/mol. The van der Waals surface area contributed by atoms with Gasteiger partial charge in [0.15, 0.2) is 5.16 Å². The van der Waals surface area contributed by atoms with Crippen molar-refractivity contribution in [3.8, 4) is 11.4 Å². The Morgan fingerprint density at radius 3 is 2.53 bits per heavy atom. The van der Waals surface area contributed by atoms with Crippen molar-refractivity contribution in [3.05, 3.63) is 93.8 Å². The van der Waals surface area contributed by atoms with Gasteiger partial charge in [0.2, 0.25) is 0 Å². The molecule has 6 heteroatoms. The largest absolute Gasteiger partial charge is 0.495 e. The van der Waals surface area contributed by atoms with Gasteiger partial charge in [-0.15, -0.1) is 0 Å². The van der Waals surface area contributed by atoms with Crippen LogP contribution < -0.4 is 10.3 Å². The van der Waals surface area contributed by atoms with E-state index in [0.29, 0.717) is 33.4 Å². The minimum Gasteiger partial charge on any atom is -0.495 e. The van der Waals surface area contributed by atoms with Crippen molar-refractivity contribution in [3.63, 3.8) is 0 Å². The fourth-order valence-corrected chi connectivity index (χ4v) is 4.81. The number of rotatable bonds is 5. The van der Waals surface area contributed by atoms with Crippen molar-refractivity contribution in [1.82, 2.24) is 14.5 Å². The van der Waals surface area contributed by atoms with E-state index >= 15 is 0 Å². The zero-order chi connectivity index (χ0) is 22.2. The molecule has 0 aliphatic carbocycles. The number of ether oxygens (including phenoxy) is 1. The fourth-order valence-electron chi connectivity index (χ4n) is 3.86. The molecule has 0 bridgehead atoms. The van der Waals surface area contributed by atoms with Crippen LogP contribution >= 0.6 is 11.8 Å². The Hall–Kier alpha value is -3.51. The number of H-pyrrole nitrogens is 1. The number of nitrogens with zero attached hydrogens (tertiary/aromatic N) is 2. The molecule has 5 rings (SSSR count). The maximum Gasteiger partial charge on any atom is 0.283 e. The van der Waals surface area contributed by atoms with E-state index in [0.717, 1.165) is 16.5 Å². The summed E-state index contributed by atoms with van der Waals surface area (Å²) in [4.78, 5) is 22.0. The van der Waals surface area contributed by atoms with Gasteiger partial charge in [0, 0.05) is 16.7 Å². The summed E-state index contributed by atoms with van der Waals surface area (Å²) >= 11 is 1.55. The van der Waals surface area contributed by atoms with Gasteiger partial charge < -0.3 is 9.72 Å². The van der Waals surface area contributed by atoms with E-state index < -0.39 is 0 Å². The molecule has 0 aliphatic rings. The van der Waals surface area contributed by atoms with Crippen molar-refractivity contribution in [2.45, 2.75) is 24.8 Å². The van der Waals surface area contributed by atoms with Crippen LogP contribution in [0.2, 0.25) is 0 Å². The molecule has 2 heterocycles. The molecule has 2 aromatic heterocycles. The van der Waals surface area contributed by atoms with E-state index in [-0.39, 0.29) is 5.56 Å². The highest BCUT2D eigenvalue weighted by Crippen LogP contribution is 2.31. The first-order chi connectivity index (χ1) is 15.5. The maximum atomic E-state index is 13.8. The minimum absolute atomic E-state index is 0.137. The first-order valence-electron chi connectivity index (χ1n) is 10.4. The van der Waals surface area contributed by atoms with Gasteiger partial charge >= 0.3 is 0 Å². The highest BCUT2D eigenvalue weighted by molar-refractivity contribution is 7.98. The molecule has 0 fully saturated rings. The number of methoxy groups -OCH3 is 1. The van der Waals surface area contributed by atoms with Crippen LogP contribution in [0.5, 0.6) is 5.75 Å². The van der Waals surface area contributed by atoms with Crippen LogP contribution in [-0.4, -0.2) is 21.6 Å². The minimum atomic E-state index is -0.137. The first-order valence-corrected chi connectivity index (χ1v) is 11.4. The molecular weight excluding hydrogens is 418 g/mol. The fraction of sp³-hybridized carbons (Fsp3) is 0.154. The quantitative estimate of drug-likeness (QED) is 0.277. The standard InChI is InChI=1S/C26H23N3O2S/c1-16-8-11-18(12-9-16)15-32-26-28-23-19-6-4-5-7-20(19)27-24(23)25(30)29(26)21-14-17(2)10-13-22(21)31-3/h4-14,27H,15H2,1-3H3. The number of aryl methyl sites for hydroxylation is 2. The predicted octanol–water partition coefficient (Wildman–Crippen LogP) is 5.78. The van der Waals surface area contributed by atoms with Crippen LogP contribution in [0.25, 0.3) is 27.6 Å². The maximum absolute atomic E-state index is 13.8. The lowest BCUT2D eigenvalue weighted by atomic mass is 10.2. The predicted molar refractivity (Wildman–Crippen MR) is 131 cm³/mol. The zero-order valence-corrected chi connectivity index (χ0v) is 19.0. The summed E-state index contributed by atoms with van der Waals surface area (Å²) in [5, 5.41) is 1.58. The van der Waals surface area contributed by atoms with E-state index in [1.165, 1.54) is 11.1 Å². The molecule has 0 atom stereocenters. The zero-order valence-electron chi connectivity index (χ0n) is 18.2. The SMILES string of the molecule is COc1ccc(C)cc1-n1c(SCc2ccc(C)cc2)nc2c([nH]c3ccccc32)c1=O. The molecule has 0 spiro atoms. The van der Waals surface area contributed by atoms with E-state index in [2.05, 4.69) is 36.2 Å². The molecule has 5 nitrogen and oxygen atoms in total. The second-order valence-corrected chi connectivity index (χ2v) is 8.82. The van der Waals surface area contributed by atoms with Crippen molar-refractivity contribution in [2.75, 3.05) is 7.11 Å². The number of thioether (sulfide) groups is 1. The normalized spacial score (nSPS) is 11.3. The van der Waals surface area contributed by atoms with Crippen LogP contribution in [0.1, 0.15) is 16.7 Å². The molecule has 32 heavy (non-hydrogen) atoms. The van der Waals surface area contributed by atoms with Gasteiger partial charge in [0.1, 0.15) is 16.8 Å². The van der Waals surface area contributed by atoms with E-state index in [4.69, 9.17) is 9.72 Å². The Morgan fingerprint density at radius 2 is 1.75 bits per heavy atom. The lowest BCUT2D eigenvalue weighted by Gasteiger charge is -2.16. The number of aromatic amines is 1. The van der Waals surface area contributed by atoms with Gasteiger partial charge in [-0.25, -0.2) is 9.55 Å². The smallest absolute Gasteiger partial charge is 0.283 e. The molecule has 0 unspecified atom stereocenters. The Bertz CT molecular complexity index is 1500. The van der Waals surface area contributed by atoms with Crippen LogP contribution in [0.15, 0.2) is 76.7 Å². The molecule has 3 aromatic carbocycles. The van der Waals surface area contributed by atoms with Crippen LogP contribution in [0, 0.1) is 13.8 Å². The second-order valence-electron chi connectivity index (χ2n) is 7.88. The lowest BCUT2D eigenvalue weighted by Crippen LogP contribution is -2.22. The van der Waals surface area contributed by atoms with Gasteiger partial charge in [-0.2, -0.15) is 0 Å². The first kappa shape index (κ1) is 20.4. The third kappa shape index (κ3) is 3.56. The van der Waals surface area contributed by atoms with Crippen molar-refractivity contribution in [1.29, 1.82) is 0 Å². The number of hydrogen-bond acceptors (Lipinski definition) is 4. The van der Waals surface area contributed by atoms with Gasteiger partial charge in [-0.3, -0.25) is 4.79 Å². The van der Waals surface area contributed by atoms with Crippen LogP contribution in [0.3, 0.4) is 0 Å². The van der Waals surface area contributed by atoms with E-state index in [9.17, 15) is 4.79 Å². The van der Waals surface area contributed by atoms with Gasteiger partial charge in [-0.05, 0) is 43.2 Å². The lowest BCUT2D eigenvalue weighted by molar-refractivity contribution is 0.411. The summed E-state index contributed by atoms with van der Waals surface area (Å²) in [5.41, 5.74) is 6.08. The summed E-state index contributed by atoms with van der Waals surface area (Å²) in [6.45, 7) is 4.08. The highest BCUT2D eigenvalue weighted by atomic mass is 32.2. The molecule has 0 radical (unpaired) electrons. The number of benzene rings is 3. The number of hydrogen-bond donors (Lipinski definition) is 1. The van der Waals surface area contributed by atoms with Crippen molar-refractivity contribution in [2.24, 2.45) is 0 Å². The molecular formula is C26H23N3O2S. The molecule has 0 saturated heterocycles. The van der Waals surface area contributed by atoms with Crippen molar-refractivity contribution < 1.29 is 4.74 Å². The third-order valence-corrected chi connectivity index (χ3v) is 6.57. The third-order valence-electron chi connectivity index (χ3n) is 5.56. The molecule has 160 valence electrons. The topological polar surface area (TPSA) is 59.9 Å². The average Bonchev–Trinajstić information content (AvgIpc) is 3.18. The summed E-state index contributed by atoms with van der Waals surface area (Å²) in [7, 11) is 1.62.